The first-order valence-electron chi connectivity index (χ1n) is 7.63. The fourth-order valence-electron chi connectivity index (χ4n) is 1.63. The summed E-state index contributed by atoms with van der Waals surface area (Å²) >= 11 is 0. The Morgan fingerprint density at radius 1 is 0.375 bits per heavy atom. The molecule has 3 N–H and O–H groups in total. The second-order valence-corrected chi connectivity index (χ2v) is 5.51. The lowest BCUT2D eigenvalue weighted by atomic mass is 10.2. The third-order valence-electron chi connectivity index (χ3n) is 3.10. The molecule has 0 aromatic heterocycles. The van der Waals surface area contributed by atoms with Crippen molar-refractivity contribution in [1.82, 2.24) is 0 Å². The molecule has 0 radical (unpaired) electrons. The van der Waals surface area contributed by atoms with E-state index in [2.05, 4.69) is 0 Å². The molecular formula is C21H24O3. The Labute approximate surface area is 143 Å². The second kappa shape index (κ2) is 9.95. The monoisotopic (exact) mass is 324 g/mol. The first-order valence-corrected chi connectivity index (χ1v) is 7.63. The largest absolute Gasteiger partial charge is 0.508 e. The number of phenols is 3. The molecule has 0 heterocycles. The van der Waals surface area contributed by atoms with E-state index in [0.717, 1.165) is 0 Å². The van der Waals surface area contributed by atoms with Crippen molar-refractivity contribution in [3.63, 3.8) is 0 Å². The zero-order valence-electron chi connectivity index (χ0n) is 14.3. The van der Waals surface area contributed by atoms with E-state index in [-0.39, 0.29) is 0 Å². The van der Waals surface area contributed by atoms with Crippen LogP contribution in [0.3, 0.4) is 0 Å². The number of phenolic OH excluding ortho intramolecular Hbond substituents is 3. The van der Waals surface area contributed by atoms with E-state index in [1.807, 2.05) is 57.2 Å². The summed E-state index contributed by atoms with van der Waals surface area (Å²) in [6, 6.07) is 21.3. The topological polar surface area (TPSA) is 60.7 Å². The maximum Gasteiger partial charge on any atom is 0.115 e. The van der Waals surface area contributed by atoms with Crippen LogP contribution in [0.2, 0.25) is 0 Å². The molecule has 0 aliphatic carbocycles. The number of aryl methyl sites for hydroxylation is 3. The summed E-state index contributed by atoms with van der Waals surface area (Å²) in [5.74, 6) is 0.988. The zero-order chi connectivity index (χ0) is 17.9. The van der Waals surface area contributed by atoms with Crippen molar-refractivity contribution in [2.24, 2.45) is 0 Å². The number of hydrogen-bond acceptors (Lipinski definition) is 3. The fourth-order valence-corrected chi connectivity index (χ4v) is 1.63. The molecule has 0 amide bonds. The minimum absolute atomic E-state index is 0.329. The van der Waals surface area contributed by atoms with Crippen LogP contribution in [0.1, 0.15) is 16.7 Å². The van der Waals surface area contributed by atoms with Gasteiger partial charge < -0.3 is 15.3 Å². The third kappa shape index (κ3) is 8.49. The normalized spacial score (nSPS) is 9.12. The average Bonchev–Trinajstić information content (AvgIpc) is 2.57. The molecule has 126 valence electrons. The SMILES string of the molecule is Cc1ccc(O)cc1.Cc1ccc(O)cc1.Cc1ccc(O)cc1. The van der Waals surface area contributed by atoms with Gasteiger partial charge in [-0.25, -0.2) is 0 Å². The first kappa shape index (κ1) is 19.1. The van der Waals surface area contributed by atoms with Crippen molar-refractivity contribution in [2.75, 3.05) is 0 Å². The van der Waals surface area contributed by atoms with Gasteiger partial charge in [-0.2, -0.15) is 0 Å². The molecular weight excluding hydrogens is 300 g/mol. The predicted octanol–water partition coefficient (Wildman–Crippen LogP) is 5.10. The standard InChI is InChI=1S/3C7H8O/c3*1-6-2-4-7(8)5-3-6/h3*2-5,8H,1H3. The minimum atomic E-state index is 0.329. The van der Waals surface area contributed by atoms with Gasteiger partial charge in [0.25, 0.3) is 0 Å². The lowest BCUT2D eigenvalue weighted by Crippen LogP contribution is -1.66. The number of aromatic hydroxyl groups is 3. The van der Waals surface area contributed by atoms with E-state index in [0.29, 0.717) is 17.2 Å². The highest BCUT2D eigenvalue weighted by molar-refractivity contribution is 5.25. The molecule has 0 spiro atoms. The van der Waals surface area contributed by atoms with Crippen molar-refractivity contribution in [3.8, 4) is 17.2 Å². The van der Waals surface area contributed by atoms with E-state index in [9.17, 15) is 0 Å². The third-order valence-corrected chi connectivity index (χ3v) is 3.10. The molecule has 3 aromatic rings. The Balaban J connectivity index is 0.000000180. The van der Waals surface area contributed by atoms with Gasteiger partial charge in [-0.05, 0) is 57.2 Å². The van der Waals surface area contributed by atoms with E-state index < -0.39 is 0 Å². The van der Waals surface area contributed by atoms with Gasteiger partial charge in [0.15, 0.2) is 0 Å². The van der Waals surface area contributed by atoms with Crippen LogP contribution >= 0.6 is 0 Å². The number of rotatable bonds is 0. The summed E-state index contributed by atoms with van der Waals surface area (Å²) in [7, 11) is 0. The summed E-state index contributed by atoms with van der Waals surface area (Å²) in [5.41, 5.74) is 3.51. The van der Waals surface area contributed by atoms with Gasteiger partial charge in [-0.15, -0.1) is 0 Å². The molecule has 24 heavy (non-hydrogen) atoms. The Kier molecular flexibility index (Phi) is 7.92. The Morgan fingerprint density at radius 2 is 0.542 bits per heavy atom. The molecule has 3 heteroatoms. The van der Waals surface area contributed by atoms with Crippen molar-refractivity contribution >= 4 is 0 Å². The van der Waals surface area contributed by atoms with Crippen molar-refractivity contribution in [2.45, 2.75) is 20.8 Å². The van der Waals surface area contributed by atoms with Gasteiger partial charge in [-0.3, -0.25) is 0 Å². The highest BCUT2D eigenvalue weighted by Crippen LogP contribution is 2.08. The average molecular weight is 324 g/mol. The summed E-state index contributed by atoms with van der Waals surface area (Å²) in [4.78, 5) is 0. The Bertz CT molecular complexity index is 533. The molecule has 0 fully saturated rings. The maximum absolute atomic E-state index is 8.76. The van der Waals surface area contributed by atoms with E-state index in [1.165, 1.54) is 16.7 Å². The molecule has 3 rings (SSSR count). The molecule has 0 saturated carbocycles. The Morgan fingerprint density at radius 3 is 0.667 bits per heavy atom. The molecule has 3 nitrogen and oxygen atoms in total. The van der Waals surface area contributed by atoms with Crippen LogP contribution in [0.4, 0.5) is 0 Å². The second-order valence-electron chi connectivity index (χ2n) is 5.51. The van der Waals surface area contributed by atoms with Crippen molar-refractivity contribution in [1.29, 1.82) is 0 Å². The molecule has 0 aliphatic heterocycles. The lowest BCUT2D eigenvalue weighted by molar-refractivity contribution is 0.474. The maximum atomic E-state index is 8.76. The highest BCUT2D eigenvalue weighted by Gasteiger charge is 1.83. The number of benzene rings is 3. The summed E-state index contributed by atoms with van der Waals surface area (Å²) in [6.45, 7) is 5.96. The number of hydrogen-bond donors (Lipinski definition) is 3. The van der Waals surface area contributed by atoms with Crippen LogP contribution in [0.5, 0.6) is 17.2 Å². The lowest BCUT2D eigenvalue weighted by Gasteiger charge is -1.89. The smallest absolute Gasteiger partial charge is 0.115 e. The molecule has 0 bridgehead atoms. The summed E-state index contributed by atoms with van der Waals surface area (Å²) in [6.07, 6.45) is 0. The molecule has 0 atom stereocenters. The van der Waals surface area contributed by atoms with Crippen molar-refractivity contribution < 1.29 is 15.3 Å². The van der Waals surface area contributed by atoms with Crippen LogP contribution in [0.15, 0.2) is 72.8 Å². The summed E-state index contributed by atoms with van der Waals surface area (Å²) in [5, 5.41) is 26.3. The van der Waals surface area contributed by atoms with Crippen LogP contribution in [-0.2, 0) is 0 Å². The quantitative estimate of drug-likeness (QED) is 0.539. The zero-order valence-corrected chi connectivity index (χ0v) is 14.3. The van der Waals surface area contributed by atoms with Gasteiger partial charge in [-0.1, -0.05) is 53.1 Å². The van der Waals surface area contributed by atoms with E-state index in [4.69, 9.17) is 15.3 Å². The predicted molar refractivity (Wildman–Crippen MR) is 98.5 cm³/mol. The van der Waals surface area contributed by atoms with Crippen LogP contribution in [0, 0.1) is 20.8 Å². The van der Waals surface area contributed by atoms with Crippen LogP contribution in [-0.4, -0.2) is 15.3 Å². The van der Waals surface area contributed by atoms with Gasteiger partial charge in [0.2, 0.25) is 0 Å². The first-order chi connectivity index (χ1) is 11.4. The van der Waals surface area contributed by atoms with Gasteiger partial charge in [0, 0.05) is 0 Å². The van der Waals surface area contributed by atoms with Crippen molar-refractivity contribution in [3.05, 3.63) is 89.5 Å². The molecule has 0 saturated heterocycles. The molecule has 0 aliphatic rings. The van der Waals surface area contributed by atoms with Crippen LogP contribution < -0.4 is 0 Å². The van der Waals surface area contributed by atoms with Gasteiger partial charge in [0.05, 0.1) is 0 Å². The highest BCUT2D eigenvalue weighted by atomic mass is 16.3. The van der Waals surface area contributed by atoms with E-state index in [1.54, 1.807) is 36.4 Å². The van der Waals surface area contributed by atoms with Crippen LogP contribution in [0.25, 0.3) is 0 Å². The van der Waals surface area contributed by atoms with E-state index >= 15 is 0 Å². The molecule has 0 unspecified atom stereocenters. The van der Waals surface area contributed by atoms with Gasteiger partial charge >= 0.3 is 0 Å². The Hall–Kier alpha value is -2.94. The summed E-state index contributed by atoms with van der Waals surface area (Å²) < 4.78 is 0. The molecule has 3 aromatic carbocycles. The fraction of sp³-hybridized carbons (Fsp3) is 0.143. The minimum Gasteiger partial charge on any atom is -0.508 e. The van der Waals surface area contributed by atoms with Gasteiger partial charge in [0.1, 0.15) is 17.2 Å².